The number of aromatic nitrogens is 1. The molecule has 0 radical (unpaired) electrons. The zero-order chi connectivity index (χ0) is 10.8. The molecule has 1 aromatic rings. The van der Waals surface area contributed by atoms with Crippen molar-refractivity contribution in [3.63, 3.8) is 0 Å². The number of Topliss-reactive ketones (excluding diaryl/α,β-unsaturated/α-hetero) is 1. The van der Waals surface area contributed by atoms with Gasteiger partial charge in [0.15, 0.2) is 0 Å². The lowest BCUT2D eigenvalue weighted by Crippen LogP contribution is -2.13. The highest BCUT2D eigenvalue weighted by Gasteiger charge is 2.14. The second-order valence-electron chi connectivity index (χ2n) is 4.68. The number of hydrogen-bond donors (Lipinski definition) is 0. The maximum Gasteiger partial charge on any atom is 0.134 e. The first kappa shape index (κ1) is 10.9. The molecule has 0 bridgehead atoms. The predicted octanol–water partition coefficient (Wildman–Crippen LogP) is 2.51. The van der Waals surface area contributed by atoms with Crippen LogP contribution in [-0.4, -0.2) is 10.8 Å². The third-order valence-electron chi connectivity index (χ3n) is 2.05. The Hall–Kier alpha value is -1.18. The van der Waals surface area contributed by atoms with E-state index in [2.05, 4.69) is 25.8 Å². The van der Waals surface area contributed by atoms with Crippen molar-refractivity contribution in [2.75, 3.05) is 0 Å². The molecule has 0 spiro atoms. The van der Waals surface area contributed by atoms with Gasteiger partial charge in [-0.1, -0.05) is 26.8 Å². The number of hydrogen-bond acceptors (Lipinski definition) is 2. The lowest BCUT2D eigenvalue weighted by atomic mass is 9.91. The zero-order valence-electron chi connectivity index (χ0n) is 9.29. The van der Waals surface area contributed by atoms with Gasteiger partial charge in [-0.2, -0.15) is 0 Å². The monoisotopic (exact) mass is 191 g/mol. The fourth-order valence-electron chi connectivity index (χ4n) is 1.26. The average Bonchev–Trinajstić information content (AvgIpc) is 2.02. The molecular formula is C12H17NO. The molecule has 0 aromatic carbocycles. The molecule has 0 N–H and O–H groups in total. The highest BCUT2D eigenvalue weighted by molar-refractivity contribution is 5.78. The van der Waals surface area contributed by atoms with Gasteiger partial charge in [0.25, 0.3) is 0 Å². The minimum Gasteiger partial charge on any atom is -0.300 e. The maximum absolute atomic E-state index is 10.9. The minimum absolute atomic E-state index is 0.0781. The van der Waals surface area contributed by atoms with Gasteiger partial charge in [0, 0.05) is 23.7 Å². The first-order valence-corrected chi connectivity index (χ1v) is 4.84. The Balaban J connectivity index is 2.84. The van der Waals surface area contributed by atoms with Crippen LogP contribution < -0.4 is 0 Å². The van der Waals surface area contributed by atoms with Crippen LogP contribution in [0.2, 0.25) is 0 Å². The van der Waals surface area contributed by atoms with Gasteiger partial charge >= 0.3 is 0 Å². The SMILES string of the molecule is CC(=O)Cc1ccc(C(C)(C)C)nc1. The molecule has 14 heavy (non-hydrogen) atoms. The highest BCUT2D eigenvalue weighted by Crippen LogP contribution is 2.19. The van der Waals surface area contributed by atoms with Gasteiger partial charge in [-0.25, -0.2) is 0 Å². The molecule has 2 heteroatoms. The first-order valence-electron chi connectivity index (χ1n) is 4.84. The van der Waals surface area contributed by atoms with Crippen LogP contribution >= 0.6 is 0 Å². The summed E-state index contributed by atoms with van der Waals surface area (Å²) in [5.74, 6) is 0.176. The molecule has 2 nitrogen and oxygen atoms in total. The second kappa shape index (κ2) is 3.91. The molecule has 0 aliphatic carbocycles. The summed E-state index contributed by atoms with van der Waals surface area (Å²) in [5.41, 5.74) is 2.13. The van der Waals surface area contributed by atoms with E-state index in [0.29, 0.717) is 6.42 Å². The molecule has 0 amide bonds. The van der Waals surface area contributed by atoms with Crippen molar-refractivity contribution in [1.82, 2.24) is 4.98 Å². The third-order valence-corrected chi connectivity index (χ3v) is 2.05. The summed E-state index contributed by atoms with van der Waals surface area (Å²) in [6.07, 6.45) is 2.28. The normalized spacial score (nSPS) is 11.4. The van der Waals surface area contributed by atoms with Crippen molar-refractivity contribution >= 4 is 5.78 Å². The molecule has 0 aliphatic heterocycles. The van der Waals surface area contributed by atoms with Crippen molar-refractivity contribution in [3.8, 4) is 0 Å². The third kappa shape index (κ3) is 2.95. The molecule has 0 aliphatic rings. The molecule has 0 atom stereocenters. The van der Waals surface area contributed by atoms with Crippen LogP contribution in [0.3, 0.4) is 0 Å². The van der Waals surface area contributed by atoms with E-state index in [1.165, 1.54) is 0 Å². The van der Waals surface area contributed by atoms with E-state index in [1.54, 1.807) is 13.1 Å². The number of rotatable bonds is 2. The number of pyridine rings is 1. The van der Waals surface area contributed by atoms with Gasteiger partial charge in [0.2, 0.25) is 0 Å². The van der Waals surface area contributed by atoms with Crippen molar-refractivity contribution < 1.29 is 4.79 Å². The Kier molecular flexibility index (Phi) is 3.04. The van der Waals surface area contributed by atoms with Gasteiger partial charge in [-0.05, 0) is 18.6 Å². The second-order valence-corrected chi connectivity index (χ2v) is 4.68. The first-order chi connectivity index (χ1) is 6.39. The van der Waals surface area contributed by atoms with E-state index in [4.69, 9.17) is 0 Å². The van der Waals surface area contributed by atoms with Crippen LogP contribution in [0.4, 0.5) is 0 Å². The largest absolute Gasteiger partial charge is 0.300 e. The molecule has 0 saturated heterocycles. The van der Waals surface area contributed by atoms with E-state index in [-0.39, 0.29) is 11.2 Å². The van der Waals surface area contributed by atoms with Crippen LogP contribution in [-0.2, 0) is 16.6 Å². The van der Waals surface area contributed by atoms with Crippen molar-refractivity contribution in [3.05, 3.63) is 29.6 Å². The number of ketones is 1. The molecule has 0 saturated carbocycles. The summed E-state index contributed by atoms with van der Waals surface area (Å²) in [6.45, 7) is 7.97. The molecule has 0 unspecified atom stereocenters. The Labute approximate surface area is 85.4 Å². The highest BCUT2D eigenvalue weighted by atomic mass is 16.1. The number of carbonyl (C=O) groups is 1. The summed E-state index contributed by atoms with van der Waals surface area (Å²) in [7, 11) is 0. The lowest BCUT2D eigenvalue weighted by molar-refractivity contribution is -0.116. The van der Waals surface area contributed by atoms with Gasteiger partial charge in [0.1, 0.15) is 5.78 Å². The van der Waals surface area contributed by atoms with Crippen LogP contribution in [0.5, 0.6) is 0 Å². The fraction of sp³-hybridized carbons (Fsp3) is 0.500. The van der Waals surface area contributed by atoms with E-state index in [1.807, 2.05) is 12.1 Å². The number of nitrogens with zero attached hydrogens (tertiary/aromatic N) is 1. The summed E-state index contributed by atoms with van der Waals surface area (Å²) >= 11 is 0. The van der Waals surface area contributed by atoms with Gasteiger partial charge in [-0.3, -0.25) is 9.78 Å². The minimum atomic E-state index is 0.0781. The fourth-order valence-corrected chi connectivity index (χ4v) is 1.26. The van der Waals surface area contributed by atoms with Crippen LogP contribution in [0.25, 0.3) is 0 Å². The molecule has 1 aromatic heterocycles. The van der Waals surface area contributed by atoms with Crippen LogP contribution in [0.1, 0.15) is 39.0 Å². The summed E-state index contributed by atoms with van der Waals surface area (Å²) in [6, 6.07) is 3.98. The van der Waals surface area contributed by atoms with Crippen molar-refractivity contribution in [2.24, 2.45) is 0 Å². The maximum atomic E-state index is 10.9. The van der Waals surface area contributed by atoms with Crippen LogP contribution in [0.15, 0.2) is 18.3 Å². The summed E-state index contributed by atoms with van der Waals surface area (Å²) in [5, 5.41) is 0. The van der Waals surface area contributed by atoms with Crippen molar-refractivity contribution in [2.45, 2.75) is 39.5 Å². The van der Waals surface area contributed by atoms with Gasteiger partial charge in [-0.15, -0.1) is 0 Å². The topological polar surface area (TPSA) is 30.0 Å². The average molecular weight is 191 g/mol. The molecule has 76 valence electrons. The molecule has 1 heterocycles. The van der Waals surface area contributed by atoms with E-state index in [0.717, 1.165) is 11.3 Å². The van der Waals surface area contributed by atoms with E-state index < -0.39 is 0 Å². The van der Waals surface area contributed by atoms with Crippen molar-refractivity contribution in [1.29, 1.82) is 0 Å². The van der Waals surface area contributed by atoms with E-state index in [9.17, 15) is 4.79 Å². The quantitative estimate of drug-likeness (QED) is 0.719. The Morgan fingerprint density at radius 3 is 2.36 bits per heavy atom. The van der Waals surface area contributed by atoms with Gasteiger partial charge < -0.3 is 0 Å². The zero-order valence-corrected chi connectivity index (χ0v) is 9.29. The number of carbonyl (C=O) groups excluding carboxylic acids is 1. The Morgan fingerprint density at radius 2 is 2.00 bits per heavy atom. The smallest absolute Gasteiger partial charge is 0.134 e. The van der Waals surface area contributed by atoms with Gasteiger partial charge in [0.05, 0.1) is 0 Å². The molecule has 0 fully saturated rings. The van der Waals surface area contributed by atoms with Crippen LogP contribution in [0, 0.1) is 0 Å². The molecule has 1 rings (SSSR count). The summed E-state index contributed by atoms with van der Waals surface area (Å²) in [4.78, 5) is 15.2. The van der Waals surface area contributed by atoms with E-state index >= 15 is 0 Å². The predicted molar refractivity (Wildman–Crippen MR) is 57.3 cm³/mol. The lowest BCUT2D eigenvalue weighted by Gasteiger charge is -2.17. The Morgan fingerprint density at radius 1 is 1.36 bits per heavy atom. The summed E-state index contributed by atoms with van der Waals surface area (Å²) < 4.78 is 0. The molecular weight excluding hydrogens is 174 g/mol. The standard InChI is InChI=1S/C12H17NO/c1-9(14)7-10-5-6-11(13-8-10)12(2,3)4/h5-6,8H,7H2,1-4H3. The Bertz CT molecular complexity index is 319.